The zero-order valence-electron chi connectivity index (χ0n) is 15.4. The number of nitrogens with zero attached hydrogens (tertiary/aromatic N) is 1. The maximum Gasteiger partial charge on any atom is 0.338 e. The molecular formula is C20H19N3O4S2. The average molecular weight is 430 g/mol. The number of carbonyl (C=O) groups is 1. The van der Waals surface area contributed by atoms with Crippen molar-refractivity contribution in [2.24, 2.45) is 0 Å². The van der Waals surface area contributed by atoms with Gasteiger partial charge in [-0.05, 0) is 43.2 Å². The lowest BCUT2D eigenvalue weighted by Gasteiger charge is -2.07. The Hall–Kier alpha value is -2.75. The number of hydrogen-bond donors (Lipinski definition) is 2. The van der Waals surface area contributed by atoms with Crippen LogP contribution in [0.5, 0.6) is 0 Å². The molecule has 1 aromatic heterocycles. The molecule has 0 saturated heterocycles. The summed E-state index contributed by atoms with van der Waals surface area (Å²) in [6.07, 6.45) is 1.69. The molecule has 1 fully saturated rings. The molecule has 0 spiro atoms. The number of carbonyl (C=O) groups excluding carboxylic acids is 1. The van der Waals surface area contributed by atoms with Gasteiger partial charge in [0.25, 0.3) is 0 Å². The Kier molecular flexibility index (Phi) is 5.61. The minimum absolute atomic E-state index is 0.000959. The Morgan fingerprint density at radius 1 is 1.14 bits per heavy atom. The number of thiazole rings is 1. The van der Waals surface area contributed by atoms with Crippen molar-refractivity contribution in [3.8, 4) is 0 Å². The van der Waals surface area contributed by atoms with Gasteiger partial charge >= 0.3 is 5.97 Å². The third-order valence-corrected chi connectivity index (χ3v) is 6.53. The van der Waals surface area contributed by atoms with E-state index < -0.39 is 16.0 Å². The summed E-state index contributed by atoms with van der Waals surface area (Å²) in [5.74, 6) is -0.598. The molecule has 1 heterocycles. The number of sulfonamides is 1. The van der Waals surface area contributed by atoms with Crippen LogP contribution in [-0.4, -0.2) is 25.4 Å². The van der Waals surface area contributed by atoms with Crippen LogP contribution in [0.15, 0.2) is 64.9 Å². The summed E-state index contributed by atoms with van der Waals surface area (Å²) in [6, 6.07) is 15.5. The van der Waals surface area contributed by atoms with Crippen LogP contribution < -0.4 is 10.0 Å². The summed E-state index contributed by atoms with van der Waals surface area (Å²) in [7, 11) is -3.62. The van der Waals surface area contributed by atoms with Crippen LogP contribution in [-0.2, 0) is 21.4 Å². The third kappa shape index (κ3) is 5.20. The first-order valence-electron chi connectivity index (χ1n) is 9.05. The SMILES string of the molecule is O=C(OCc1csc(Nc2ccccc2)n1)c1cccc(S(=O)(=O)NC2CC2)c1. The van der Waals surface area contributed by atoms with Crippen LogP contribution in [0.25, 0.3) is 0 Å². The van der Waals surface area contributed by atoms with E-state index in [0.717, 1.165) is 18.5 Å². The van der Waals surface area contributed by atoms with Gasteiger partial charge in [0.2, 0.25) is 10.0 Å². The minimum Gasteiger partial charge on any atom is -0.456 e. The van der Waals surface area contributed by atoms with Gasteiger partial charge in [0.15, 0.2) is 5.13 Å². The topological polar surface area (TPSA) is 97.4 Å². The summed E-state index contributed by atoms with van der Waals surface area (Å²) < 4.78 is 32.5. The van der Waals surface area contributed by atoms with Gasteiger partial charge in [-0.3, -0.25) is 0 Å². The highest BCUT2D eigenvalue weighted by molar-refractivity contribution is 7.89. The molecule has 0 bridgehead atoms. The zero-order valence-corrected chi connectivity index (χ0v) is 17.0. The highest BCUT2D eigenvalue weighted by Crippen LogP contribution is 2.23. The third-order valence-electron chi connectivity index (χ3n) is 4.21. The first-order chi connectivity index (χ1) is 14.0. The fraction of sp³-hybridized carbons (Fsp3) is 0.200. The van der Waals surface area contributed by atoms with Gasteiger partial charge in [-0.1, -0.05) is 24.3 Å². The van der Waals surface area contributed by atoms with E-state index in [4.69, 9.17) is 4.74 Å². The number of hydrogen-bond acceptors (Lipinski definition) is 7. The number of benzene rings is 2. The number of rotatable bonds is 8. The van der Waals surface area contributed by atoms with Gasteiger partial charge in [0, 0.05) is 17.1 Å². The van der Waals surface area contributed by atoms with Crippen LogP contribution in [0.4, 0.5) is 10.8 Å². The van der Waals surface area contributed by atoms with Crippen molar-refractivity contribution < 1.29 is 17.9 Å². The van der Waals surface area contributed by atoms with E-state index in [2.05, 4.69) is 15.0 Å². The number of esters is 1. The van der Waals surface area contributed by atoms with Gasteiger partial charge in [-0.15, -0.1) is 11.3 Å². The molecule has 1 aliphatic rings. The van der Waals surface area contributed by atoms with E-state index in [-0.39, 0.29) is 23.1 Å². The number of anilines is 2. The van der Waals surface area contributed by atoms with E-state index in [1.54, 1.807) is 5.38 Å². The highest BCUT2D eigenvalue weighted by Gasteiger charge is 2.28. The van der Waals surface area contributed by atoms with Crippen LogP contribution >= 0.6 is 11.3 Å². The molecular weight excluding hydrogens is 410 g/mol. The lowest BCUT2D eigenvalue weighted by molar-refractivity contribution is 0.0468. The number of nitrogens with one attached hydrogen (secondary N) is 2. The van der Waals surface area contributed by atoms with Crippen molar-refractivity contribution in [2.45, 2.75) is 30.4 Å². The monoisotopic (exact) mass is 429 g/mol. The Morgan fingerprint density at radius 3 is 2.69 bits per heavy atom. The molecule has 0 unspecified atom stereocenters. The molecule has 29 heavy (non-hydrogen) atoms. The van der Waals surface area contributed by atoms with Gasteiger partial charge in [-0.25, -0.2) is 22.9 Å². The van der Waals surface area contributed by atoms with Crippen LogP contribution in [0.2, 0.25) is 0 Å². The van der Waals surface area contributed by atoms with E-state index in [9.17, 15) is 13.2 Å². The van der Waals surface area contributed by atoms with Crippen molar-refractivity contribution in [2.75, 3.05) is 5.32 Å². The largest absolute Gasteiger partial charge is 0.456 e. The summed E-state index contributed by atoms with van der Waals surface area (Å²) in [6.45, 7) is 0.00308. The molecule has 150 valence electrons. The fourth-order valence-corrected chi connectivity index (χ4v) is 4.64. The Morgan fingerprint density at radius 2 is 1.93 bits per heavy atom. The molecule has 9 heteroatoms. The number of aromatic nitrogens is 1. The summed E-state index contributed by atoms with van der Waals surface area (Å²) in [5.41, 5.74) is 1.71. The van der Waals surface area contributed by atoms with Crippen molar-refractivity contribution in [3.63, 3.8) is 0 Å². The fourth-order valence-electron chi connectivity index (χ4n) is 2.58. The minimum atomic E-state index is -3.62. The molecule has 4 rings (SSSR count). The summed E-state index contributed by atoms with van der Waals surface area (Å²) in [5, 5.41) is 5.68. The van der Waals surface area contributed by atoms with Gasteiger partial charge in [-0.2, -0.15) is 0 Å². The summed E-state index contributed by atoms with van der Waals surface area (Å²) in [4.78, 5) is 16.8. The molecule has 0 radical (unpaired) electrons. The predicted molar refractivity (Wildman–Crippen MR) is 111 cm³/mol. The quantitative estimate of drug-likeness (QED) is 0.530. The van der Waals surface area contributed by atoms with E-state index >= 15 is 0 Å². The molecule has 2 N–H and O–H groups in total. The highest BCUT2D eigenvalue weighted by atomic mass is 32.2. The molecule has 3 aromatic rings. The van der Waals surface area contributed by atoms with Crippen molar-refractivity contribution in [1.29, 1.82) is 0 Å². The first kappa shape index (κ1) is 19.6. The molecule has 1 aliphatic carbocycles. The Balaban J connectivity index is 1.37. The lowest BCUT2D eigenvalue weighted by atomic mass is 10.2. The Labute approximate surface area is 172 Å². The predicted octanol–water partition coefficient (Wildman–Crippen LogP) is 3.68. The van der Waals surface area contributed by atoms with E-state index in [1.807, 2.05) is 30.3 Å². The van der Waals surface area contributed by atoms with Gasteiger partial charge in [0.05, 0.1) is 16.2 Å². The normalized spacial score (nSPS) is 13.8. The van der Waals surface area contributed by atoms with Crippen molar-refractivity contribution >= 4 is 38.1 Å². The molecule has 1 saturated carbocycles. The molecule has 0 amide bonds. The molecule has 0 atom stereocenters. The van der Waals surface area contributed by atoms with Crippen LogP contribution in [0.1, 0.15) is 28.9 Å². The molecule has 7 nitrogen and oxygen atoms in total. The van der Waals surface area contributed by atoms with E-state index in [1.165, 1.54) is 35.6 Å². The van der Waals surface area contributed by atoms with Gasteiger partial charge in [0.1, 0.15) is 6.61 Å². The standard InChI is InChI=1S/C20H19N3O4S2/c24-19(14-5-4-8-18(11-14)29(25,26)23-16-9-10-16)27-12-17-13-28-20(22-17)21-15-6-2-1-3-7-15/h1-8,11,13,16,23H,9-10,12H2,(H,21,22). The lowest BCUT2D eigenvalue weighted by Crippen LogP contribution is -2.25. The zero-order chi connectivity index (χ0) is 20.3. The van der Waals surface area contributed by atoms with Crippen molar-refractivity contribution in [1.82, 2.24) is 9.71 Å². The average Bonchev–Trinajstić information content (AvgIpc) is 3.42. The maximum atomic E-state index is 12.4. The van der Waals surface area contributed by atoms with E-state index in [0.29, 0.717) is 10.8 Å². The van der Waals surface area contributed by atoms with Crippen molar-refractivity contribution in [3.05, 3.63) is 71.2 Å². The number of para-hydroxylation sites is 1. The van der Waals surface area contributed by atoms with Crippen LogP contribution in [0, 0.1) is 0 Å². The van der Waals surface area contributed by atoms with Gasteiger partial charge < -0.3 is 10.1 Å². The number of ether oxygens (including phenoxy) is 1. The Bertz CT molecular complexity index is 1110. The second-order valence-electron chi connectivity index (χ2n) is 6.63. The van der Waals surface area contributed by atoms with Crippen LogP contribution in [0.3, 0.4) is 0 Å². The maximum absolute atomic E-state index is 12.4. The first-order valence-corrected chi connectivity index (χ1v) is 11.4. The smallest absolute Gasteiger partial charge is 0.338 e. The molecule has 0 aliphatic heterocycles. The molecule has 2 aromatic carbocycles. The second-order valence-corrected chi connectivity index (χ2v) is 9.21. The summed E-state index contributed by atoms with van der Waals surface area (Å²) >= 11 is 1.41. The second kappa shape index (κ2) is 8.32.